The highest BCUT2D eigenvalue weighted by molar-refractivity contribution is 5.93. The first-order valence-electron chi connectivity index (χ1n) is 4.69. The van der Waals surface area contributed by atoms with E-state index in [0.717, 1.165) is 12.8 Å². The summed E-state index contributed by atoms with van der Waals surface area (Å²) in [7, 11) is 0. The van der Waals surface area contributed by atoms with Crippen molar-refractivity contribution in [1.82, 2.24) is 4.90 Å². The number of carbonyl (C=O) groups is 2. The molecule has 74 valence electrons. The summed E-state index contributed by atoms with van der Waals surface area (Å²) in [5, 5.41) is 0. The standard InChI is InChI=1S/C9H15NO3/c1-3-5-7-6-13-9(12)10(7)8(11)4-2/h7H,3-6H2,1-2H3/t7-/m0/s1. The first-order valence-corrected chi connectivity index (χ1v) is 4.69. The Labute approximate surface area is 77.8 Å². The number of ether oxygens (including phenoxy) is 1. The average Bonchev–Trinajstić information content (AvgIpc) is 2.47. The minimum absolute atomic E-state index is 0.0371. The Morgan fingerprint density at radius 2 is 2.31 bits per heavy atom. The molecule has 0 unspecified atom stereocenters. The minimum atomic E-state index is -0.481. The number of rotatable bonds is 3. The van der Waals surface area contributed by atoms with Crippen molar-refractivity contribution >= 4 is 12.0 Å². The Bertz CT molecular complexity index is 215. The number of carbonyl (C=O) groups excluding carboxylic acids is 2. The Hall–Kier alpha value is -1.06. The molecule has 0 aromatic carbocycles. The van der Waals surface area contributed by atoms with Crippen LogP contribution in [-0.4, -0.2) is 29.5 Å². The number of imide groups is 1. The molecule has 4 nitrogen and oxygen atoms in total. The third-order valence-corrected chi connectivity index (χ3v) is 2.15. The smallest absolute Gasteiger partial charge is 0.416 e. The Morgan fingerprint density at radius 1 is 1.62 bits per heavy atom. The number of nitrogens with zero attached hydrogens (tertiary/aromatic N) is 1. The molecule has 13 heavy (non-hydrogen) atoms. The molecule has 1 aliphatic rings. The molecule has 1 saturated heterocycles. The minimum Gasteiger partial charge on any atom is -0.447 e. The van der Waals surface area contributed by atoms with Crippen LogP contribution in [0.25, 0.3) is 0 Å². The van der Waals surface area contributed by atoms with Crippen molar-refractivity contribution in [2.45, 2.75) is 39.2 Å². The fourth-order valence-electron chi connectivity index (χ4n) is 1.48. The zero-order valence-electron chi connectivity index (χ0n) is 8.08. The molecule has 2 amide bonds. The summed E-state index contributed by atoms with van der Waals surface area (Å²) in [4.78, 5) is 23.7. The number of amides is 2. The predicted octanol–water partition coefficient (Wildman–Crippen LogP) is 1.54. The molecule has 0 radical (unpaired) electrons. The highest BCUT2D eigenvalue weighted by atomic mass is 16.6. The van der Waals surface area contributed by atoms with Crippen LogP contribution >= 0.6 is 0 Å². The maximum Gasteiger partial charge on any atom is 0.416 e. The Balaban J connectivity index is 2.65. The van der Waals surface area contributed by atoms with Crippen LogP contribution in [-0.2, 0) is 9.53 Å². The summed E-state index contributed by atoms with van der Waals surface area (Å²) in [5.74, 6) is -0.138. The molecule has 1 rings (SSSR count). The third-order valence-electron chi connectivity index (χ3n) is 2.15. The summed E-state index contributed by atoms with van der Waals surface area (Å²) in [6, 6.07) is -0.0371. The maximum absolute atomic E-state index is 11.3. The Morgan fingerprint density at radius 3 is 2.85 bits per heavy atom. The van der Waals surface area contributed by atoms with Gasteiger partial charge in [0.2, 0.25) is 5.91 Å². The van der Waals surface area contributed by atoms with E-state index in [9.17, 15) is 9.59 Å². The van der Waals surface area contributed by atoms with E-state index < -0.39 is 6.09 Å². The van der Waals surface area contributed by atoms with Crippen molar-refractivity contribution in [3.63, 3.8) is 0 Å². The molecule has 0 bridgehead atoms. The molecule has 0 aliphatic carbocycles. The second-order valence-corrected chi connectivity index (χ2v) is 3.14. The second kappa shape index (κ2) is 4.25. The molecule has 0 aromatic rings. The van der Waals surface area contributed by atoms with Crippen molar-refractivity contribution in [2.75, 3.05) is 6.61 Å². The molecular formula is C9H15NO3. The summed E-state index contributed by atoms with van der Waals surface area (Å²) in [6.45, 7) is 4.13. The van der Waals surface area contributed by atoms with Crippen LogP contribution in [0.3, 0.4) is 0 Å². The first kappa shape index (κ1) is 10.0. The summed E-state index contributed by atoms with van der Waals surface area (Å²) >= 11 is 0. The van der Waals surface area contributed by atoms with E-state index in [1.807, 2.05) is 6.92 Å². The molecule has 0 N–H and O–H groups in total. The molecule has 1 heterocycles. The van der Waals surface area contributed by atoms with E-state index in [4.69, 9.17) is 4.74 Å². The molecule has 0 aromatic heterocycles. The predicted molar refractivity (Wildman–Crippen MR) is 47.2 cm³/mol. The van der Waals surface area contributed by atoms with Gasteiger partial charge in [0.25, 0.3) is 0 Å². The van der Waals surface area contributed by atoms with Crippen molar-refractivity contribution < 1.29 is 14.3 Å². The van der Waals surface area contributed by atoms with Gasteiger partial charge in [0, 0.05) is 6.42 Å². The summed E-state index contributed by atoms with van der Waals surface area (Å²) in [5.41, 5.74) is 0. The second-order valence-electron chi connectivity index (χ2n) is 3.14. The highest BCUT2D eigenvalue weighted by Crippen LogP contribution is 2.17. The van der Waals surface area contributed by atoms with Gasteiger partial charge in [-0.3, -0.25) is 4.79 Å². The lowest BCUT2D eigenvalue weighted by molar-refractivity contribution is -0.128. The molecule has 4 heteroatoms. The first-order chi connectivity index (χ1) is 6.20. The Kier molecular flexibility index (Phi) is 3.28. The van der Waals surface area contributed by atoms with Gasteiger partial charge in [-0.25, -0.2) is 9.69 Å². The summed E-state index contributed by atoms with van der Waals surface area (Å²) in [6.07, 6.45) is 1.66. The van der Waals surface area contributed by atoms with Crippen LogP contribution in [0.5, 0.6) is 0 Å². The lowest BCUT2D eigenvalue weighted by Gasteiger charge is -2.17. The van der Waals surface area contributed by atoms with Crippen LogP contribution in [0, 0.1) is 0 Å². The van der Waals surface area contributed by atoms with Gasteiger partial charge in [0.15, 0.2) is 0 Å². The zero-order chi connectivity index (χ0) is 9.84. The largest absolute Gasteiger partial charge is 0.447 e. The fraction of sp³-hybridized carbons (Fsp3) is 0.778. The van der Waals surface area contributed by atoms with Crippen molar-refractivity contribution in [3.05, 3.63) is 0 Å². The third kappa shape index (κ3) is 1.99. The number of cyclic esters (lactones) is 1. The average molecular weight is 185 g/mol. The maximum atomic E-state index is 11.3. The van der Waals surface area contributed by atoms with Crippen molar-refractivity contribution in [2.24, 2.45) is 0 Å². The van der Waals surface area contributed by atoms with Crippen molar-refractivity contribution in [3.8, 4) is 0 Å². The van der Waals surface area contributed by atoms with Gasteiger partial charge in [0.05, 0.1) is 6.04 Å². The van der Waals surface area contributed by atoms with Crippen LogP contribution in [0.2, 0.25) is 0 Å². The van der Waals surface area contributed by atoms with Crippen LogP contribution in [0.15, 0.2) is 0 Å². The fourth-order valence-corrected chi connectivity index (χ4v) is 1.48. The quantitative estimate of drug-likeness (QED) is 0.670. The van der Waals surface area contributed by atoms with Crippen LogP contribution in [0.4, 0.5) is 4.79 Å². The number of hydrogen-bond donors (Lipinski definition) is 0. The highest BCUT2D eigenvalue weighted by Gasteiger charge is 2.35. The molecular weight excluding hydrogens is 170 g/mol. The van der Waals surface area contributed by atoms with Crippen molar-refractivity contribution in [1.29, 1.82) is 0 Å². The topological polar surface area (TPSA) is 46.6 Å². The van der Waals surface area contributed by atoms with E-state index in [-0.39, 0.29) is 11.9 Å². The van der Waals surface area contributed by atoms with E-state index in [1.165, 1.54) is 4.90 Å². The molecule has 0 spiro atoms. The monoisotopic (exact) mass is 185 g/mol. The van der Waals surface area contributed by atoms with Gasteiger partial charge in [-0.2, -0.15) is 0 Å². The van der Waals surface area contributed by atoms with Crippen LogP contribution < -0.4 is 0 Å². The normalized spacial score (nSPS) is 21.8. The van der Waals surface area contributed by atoms with Gasteiger partial charge < -0.3 is 4.74 Å². The van der Waals surface area contributed by atoms with Gasteiger partial charge in [-0.1, -0.05) is 20.3 Å². The summed E-state index contributed by atoms with van der Waals surface area (Å²) < 4.78 is 4.82. The van der Waals surface area contributed by atoms with E-state index in [2.05, 4.69) is 0 Å². The molecule has 0 saturated carbocycles. The van der Waals surface area contributed by atoms with Gasteiger partial charge in [0.1, 0.15) is 6.61 Å². The van der Waals surface area contributed by atoms with E-state index in [1.54, 1.807) is 6.92 Å². The lowest BCUT2D eigenvalue weighted by Crippen LogP contribution is -2.38. The van der Waals surface area contributed by atoms with Gasteiger partial charge in [-0.15, -0.1) is 0 Å². The lowest BCUT2D eigenvalue weighted by atomic mass is 10.1. The zero-order valence-corrected chi connectivity index (χ0v) is 8.08. The number of hydrogen-bond acceptors (Lipinski definition) is 3. The van der Waals surface area contributed by atoms with Gasteiger partial charge in [-0.05, 0) is 6.42 Å². The van der Waals surface area contributed by atoms with E-state index >= 15 is 0 Å². The molecule has 1 aliphatic heterocycles. The van der Waals surface area contributed by atoms with Crippen LogP contribution in [0.1, 0.15) is 33.1 Å². The van der Waals surface area contributed by atoms with E-state index in [0.29, 0.717) is 13.0 Å². The van der Waals surface area contributed by atoms with Gasteiger partial charge >= 0.3 is 6.09 Å². The SMILES string of the molecule is CCC[C@H]1COC(=O)N1C(=O)CC. The molecule has 1 atom stereocenters. The molecule has 1 fully saturated rings.